The van der Waals surface area contributed by atoms with Gasteiger partial charge in [-0.15, -0.1) is 0 Å². The molecule has 6 heteroatoms. The van der Waals surface area contributed by atoms with Gasteiger partial charge in [0.1, 0.15) is 0 Å². The minimum atomic E-state index is -0.523. The van der Waals surface area contributed by atoms with Crippen molar-refractivity contribution in [3.05, 3.63) is 12.7 Å². The Balaban J connectivity index is 3.95. The van der Waals surface area contributed by atoms with Crippen molar-refractivity contribution >= 4 is 17.9 Å². The molecular weight excluding hydrogens is 252 g/mol. The van der Waals surface area contributed by atoms with E-state index in [9.17, 15) is 14.4 Å². The van der Waals surface area contributed by atoms with E-state index in [-0.39, 0.29) is 26.1 Å². The van der Waals surface area contributed by atoms with E-state index >= 15 is 0 Å². The van der Waals surface area contributed by atoms with Crippen LogP contribution < -0.4 is 0 Å². The molecule has 0 heterocycles. The Morgan fingerprint density at radius 3 is 2.11 bits per heavy atom. The molecule has 0 unspecified atom stereocenters. The Bertz CT molecular complexity index is 345. The number of esters is 3. The highest BCUT2D eigenvalue weighted by molar-refractivity contribution is 5.81. The molecule has 6 nitrogen and oxygen atoms in total. The Morgan fingerprint density at radius 1 is 1.05 bits per heavy atom. The fourth-order valence-corrected chi connectivity index (χ4v) is 1.02. The van der Waals surface area contributed by atoms with Gasteiger partial charge in [-0.2, -0.15) is 0 Å². The van der Waals surface area contributed by atoms with Crippen LogP contribution in [0, 0.1) is 5.41 Å². The predicted molar refractivity (Wildman–Crippen MR) is 67.1 cm³/mol. The molecule has 0 aromatic heterocycles. The second-order valence-electron chi connectivity index (χ2n) is 4.71. The first-order valence-corrected chi connectivity index (χ1v) is 5.82. The van der Waals surface area contributed by atoms with Gasteiger partial charge in [-0.25, -0.2) is 4.79 Å². The van der Waals surface area contributed by atoms with Crippen molar-refractivity contribution in [2.75, 3.05) is 20.3 Å². The van der Waals surface area contributed by atoms with Crippen LogP contribution in [0.3, 0.4) is 0 Å². The molecule has 0 N–H and O–H groups in total. The van der Waals surface area contributed by atoms with Gasteiger partial charge in [-0.1, -0.05) is 20.4 Å². The molecule has 0 aliphatic heterocycles. The molecular formula is C13H20O6. The molecule has 19 heavy (non-hydrogen) atoms. The van der Waals surface area contributed by atoms with Crippen molar-refractivity contribution < 1.29 is 28.6 Å². The van der Waals surface area contributed by atoms with Crippen LogP contribution in [-0.4, -0.2) is 38.2 Å². The van der Waals surface area contributed by atoms with Crippen molar-refractivity contribution in [1.82, 2.24) is 0 Å². The van der Waals surface area contributed by atoms with Crippen LogP contribution in [0.1, 0.15) is 26.7 Å². The molecule has 0 aliphatic carbocycles. The Labute approximate surface area is 112 Å². The maximum Gasteiger partial charge on any atom is 0.330 e. The summed E-state index contributed by atoms with van der Waals surface area (Å²) in [4.78, 5) is 33.1. The highest BCUT2D eigenvalue weighted by Gasteiger charge is 2.22. The largest absolute Gasteiger partial charge is 0.469 e. The van der Waals surface area contributed by atoms with Gasteiger partial charge >= 0.3 is 17.9 Å². The molecule has 0 radical (unpaired) electrons. The summed E-state index contributed by atoms with van der Waals surface area (Å²) in [6, 6.07) is 0. The molecule has 0 atom stereocenters. The lowest BCUT2D eigenvalue weighted by atomic mass is 9.96. The van der Waals surface area contributed by atoms with E-state index in [1.165, 1.54) is 7.11 Å². The average molecular weight is 272 g/mol. The van der Waals surface area contributed by atoms with Crippen LogP contribution in [0.25, 0.3) is 0 Å². The second kappa shape index (κ2) is 8.29. The smallest absolute Gasteiger partial charge is 0.330 e. The van der Waals surface area contributed by atoms with Gasteiger partial charge in [0.25, 0.3) is 0 Å². The van der Waals surface area contributed by atoms with E-state index < -0.39 is 23.3 Å². The van der Waals surface area contributed by atoms with Crippen LogP contribution in [0.4, 0.5) is 0 Å². The summed E-state index contributed by atoms with van der Waals surface area (Å²) >= 11 is 0. The number of rotatable bonds is 8. The van der Waals surface area contributed by atoms with E-state index in [1.54, 1.807) is 13.8 Å². The molecule has 0 bridgehead atoms. The predicted octanol–water partition coefficient (Wildman–Crippen LogP) is 1.24. The summed E-state index contributed by atoms with van der Waals surface area (Å²) in [6.07, 6.45) is 1.02. The summed E-state index contributed by atoms with van der Waals surface area (Å²) in [5.41, 5.74) is -0.500. The number of carbonyl (C=O) groups excluding carboxylic acids is 3. The van der Waals surface area contributed by atoms with E-state index in [0.717, 1.165) is 6.08 Å². The third-order valence-corrected chi connectivity index (χ3v) is 2.16. The summed E-state index contributed by atoms with van der Waals surface area (Å²) < 4.78 is 14.3. The zero-order valence-electron chi connectivity index (χ0n) is 11.6. The van der Waals surface area contributed by atoms with Gasteiger partial charge in [-0.3, -0.25) is 9.59 Å². The van der Waals surface area contributed by atoms with Gasteiger partial charge in [-0.05, 0) is 0 Å². The lowest BCUT2D eigenvalue weighted by Gasteiger charge is -2.23. The quantitative estimate of drug-likeness (QED) is 0.376. The molecule has 0 aliphatic rings. The highest BCUT2D eigenvalue weighted by Crippen LogP contribution is 2.16. The first-order valence-electron chi connectivity index (χ1n) is 5.82. The highest BCUT2D eigenvalue weighted by atomic mass is 16.5. The normalized spacial score (nSPS) is 10.5. The van der Waals surface area contributed by atoms with E-state index in [4.69, 9.17) is 9.47 Å². The van der Waals surface area contributed by atoms with Crippen LogP contribution in [0.5, 0.6) is 0 Å². The molecule has 0 fully saturated rings. The van der Waals surface area contributed by atoms with Crippen LogP contribution in [-0.2, 0) is 28.6 Å². The van der Waals surface area contributed by atoms with Gasteiger partial charge in [0.2, 0.25) is 0 Å². The Kier molecular flexibility index (Phi) is 7.48. The van der Waals surface area contributed by atoms with Crippen molar-refractivity contribution in [3.8, 4) is 0 Å². The zero-order chi connectivity index (χ0) is 14.9. The fourth-order valence-electron chi connectivity index (χ4n) is 1.02. The average Bonchev–Trinajstić information content (AvgIpc) is 2.39. The molecule has 0 saturated carbocycles. The molecule has 0 aromatic rings. The van der Waals surface area contributed by atoms with E-state index in [1.807, 2.05) is 0 Å². The molecule has 0 rings (SSSR count). The van der Waals surface area contributed by atoms with Gasteiger partial charge < -0.3 is 14.2 Å². The third kappa shape index (κ3) is 8.82. The lowest BCUT2D eigenvalue weighted by molar-refractivity contribution is -0.153. The number of carbonyl (C=O) groups is 3. The topological polar surface area (TPSA) is 78.9 Å². The Morgan fingerprint density at radius 2 is 1.58 bits per heavy atom. The molecule has 0 aromatic carbocycles. The summed E-state index contributed by atoms with van der Waals surface area (Å²) in [5.74, 6) is -1.48. The van der Waals surface area contributed by atoms with Crippen LogP contribution >= 0.6 is 0 Å². The third-order valence-electron chi connectivity index (χ3n) is 2.16. The SMILES string of the molecule is C=CC(=O)OCC(C)(C)COC(=O)CCC(=O)OC. The monoisotopic (exact) mass is 272 g/mol. The van der Waals surface area contributed by atoms with Gasteiger partial charge in [0.15, 0.2) is 0 Å². The first-order chi connectivity index (χ1) is 8.80. The van der Waals surface area contributed by atoms with Crippen LogP contribution in [0.15, 0.2) is 12.7 Å². The molecule has 0 saturated heterocycles. The van der Waals surface area contributed by atoms with Crippen molar-refractivity contribution in [2.45, 2.75) is 26.7 Å². The van der Waals surface area contributed by atoms with Gasteiger partial charge in [0, 0.05) is 11.5 Å². The maximum absolute atomic E-state index is 11.4. The minimum Gasteiger partial charge on any atom is -0.469 e. The summed E-state index contributed by atoms with van der Waals surface area (Å²) in [6.45, 7) is 7.07. The second-order valence-corrected chi connectivity index (χ2v) is 4.71. The van der Waals surface area contributed by atoms with Gasteiger partial charge in [0.05, 0.1) is 33.2 Å². The van der Waals surface area contributed by atoms with E-state index in [2.05, 4.69) is 11.3 Å². The number of hydrogen-bond donors (Lipinski definition) is 0. The fraction of sp³-hybridized carbons (Fsp3) is 0.615. The standard InChI is InChI=1S/C13H20O6/c1-5-10(14)18-8-13(2,3)9-19-12(16)7-6-11(15)17-4/h5H,1,6-9H2,2-4H3. The van der Waals surface area contributed by atoms with Crippen molar-refractivity contribution in [3.63, 3.8) is 0 Å². The minimum absolute atomic E-state index is 0.0127. The van der Waals surface area contributed by atoms with Crippen LogP contribution in [0.2, 0.25) is 0 Å². The lowest BCUT2D eigenvalue weighted by Crippen LogP contribution is -2.28. The zero-order valence-corrected chi connectivity index (χ0v) is 11.6. The summed E-state index contributed by atoms with van der Waals surface area (Å²) in [7, 11) is 1.25. The summed E-state index contributed by atoms with van der Waals surface area (Å²) in [5, 5.41) is 0. The molecule has 108 valence electrons. The maximum atomic E-state index is 11.4. The van der Waals surface area contributed by atoms with E-state index in [0.29, 0.717) is 0 Å². The molecule has 0 spiro atoms. The van der Waals surface area contributed by atoms with Crippen molar-refractivity contribution in [1.29, 1.82) is 0 Å². The molecule has 0 amide bonds. The van der Waals surface area contributed by atoms with Crippen molar-refractivity contribution in [2.24, 2.45) is 5.41 Å². The number of hydrogen-bond acceptors (Lipinski definition) is 6. The Hall–Kier alpha value is -1.85. The number of ether oxygens (including phenoxy) is 3. The number of methoxy groups -OCH3 is 1. The first kappa shape index (κ1) is 17.2.